The van der Waals surface area contributed by atoms with Gasteiger partial charge in [0.1, 0.15) is 11.5 Å². The molecule has 0 aliphatic carbocycles. The highest BCUT2D eigenvalue weighted by atomic mass is 15.3. The molecule has 0 spiro atoms. The number of aryl methyl sites for hydroxylation is 2. The minimum Gasteiger partial charge on any atom is -0.361 e. The number of nitrogens with zero attached hydrogens (tertiary/aromatic N) is 6. The topological polar surface area (TPSA) is 81.4 Å². The van der Waals surface area contributed by atoms with Gasteiger partial charge >= 0.3 is 0 Å². The Bertz CT molecular complexity index is 1090. The first kappa shape index (κ1) is 18.0. The Balaban J connectivity index is 1.87. The van der Waals surface area contributed by atoms with Gasteiger partial charge in [-0.1, -0.05) is 26.0 Å². The first-order valence-electron chi connectivity index (χ1n) is 9.35. The molecule has 28 heavy (non-hydrogen) atoms. The smallest absolute Gasteiger partial charge is 0.182 e. The fourth-order valence-corrected chi connectivity index (χ4v) is 3.34. The van der Waals surface area contributed by atoms with Crippen LogP contribution in [0, 0.1) is 12.8 Å². The summed E-state index contributed by atoms with van der Waals surface area (Å²) in [6, 6.07) is 11.7. The third-order valence-corrected chi connectivity index (χ3v) is 4.72. The van der Waals surface area contributed by atoms with E-state index in [0.29, 0.717) is 11.7 Å². The third kappa shape index (κ3) is 3.31. The summed E-state index contributed by atoms with van der Waals surface area (Å²) < 4.78 is 1.79. The van der Waals surface area contributed by atoms with Gasteiger partial charge in [-0.2, -0.15) is 5.10 Å². The minimum atomic E-state index is 0.00971. The maximum Gasteiger partial charge on any atom is 0.182 e. The lowest BCUT2D eigenvalue weighted by molar-refractivity contribution is 0.534. The molecule has 0 aliphatic rings. The standard InChI is InChI=1S/C21H23N7/c1-13(2)18(15-9-5-7-11-22-15)24-20-17-14(3)27-28(4)21(17)26-19(25-20)16-10-6-8-12-23-16/h5-13,18H,1-4H3,(H,24,25,26)/t18-/m0/s1. The number of pyridine rings is 2. The average molecular weight is 373 g/mol. The van der Waals surface area contributed by atoms with E-state index in [4.69, 9.17) is 9.97 Å². The zero-order valence-corrected chi connectivity index (χ0v) is 16.5. The first-order chi connectivity index (χ1) is 13.5. The molecule has 0 bridgehead atoms. The van der Waals surface area contributed by atoms with E-state index in [-0.39, 0.29) is 6.04 Å². The molecular weight excluding hydrogens is 350 g/mol. The molecule has 4 rings (SSSR count). The van der Waals surface area contributed by atoms with Crippen LogP contribution in [0.3, 0.4) is 0 Å². The van der Waals surface area contributed by atoms with E-state index >= 15 is 0 Å². The van der Waals surface area contributed by atoms with Crippen molar-refractivity contribution in [2.45, 2.75) is 26.8 Å². The van der Waals surface area contributed by atoms with Crippen LogP contribution in [0.1, 0.15) is 31.3 Å². The molecule has 0 saturated heterocycles. The summed E-state index contributed by atoms with van der Waals surface area (Å²) in [4.78, 5) is 18.5. The van der Waals surface area contributed by atoms with Crippen LogP contribution in [0.4, 0.5) is 5.82 Å². The fraction of sp³-hybridized carbons (Fsp3) is 0.286. The molecule has 0 aromatic carbocycles. The third-order valence-electron chi connectivity index (χ3n) is 4.72. The van der Waals surface area contributed by atoms with Crippen LogP contribution in [0.5, 0.6) is 0 Å². The molecule has 0 amide bonds. The van der Waals surface area contributed by atoms with Crippen LogP contribution in [0.25, 0.3) is 22.6 Å². The van der Waals surface area contributed by atoms with Gasteiger partial charge in [-0.25, -0.2) is 9.97 Å². The molecule has 0 aliphatic heterocycles. The molecule has 0 radical (unpaired) electrons. The maximum atomic E-state index is 4.83. The zero-order valence-electron chi connectivity index (χ0n) is 16.5. The van der Waals surface area contributed by atoms with Crippen molar-refractivity contribution in [1.82, 2.24) is 29.7 Å². The lowest BCUT2D eigenvalue weighted by atomic mass is 10.00. The van der Waals surface area contributed by atoms with Gasteiger partial charge in [-0.15, -0.1) is 0 Å². The van der Waals surface area contributed by atoms with Crippen LogP contribution in [-0.4, -0.2) is 29.7 Å². The number of hydrogen-bond acceptors (Lipinski definition) is 6. The van der Waals surface area contributed by atoms with Crippen molar-refractivity contribution in [2.75, 3.05) is 5.32 Å². The zero-order chi connectivity index (χ0) is 19.7. The summed E-state index contributed by atoms with van der Waals surface area (Å²) in [7, 11) is 1.90. The highest BCUT2D eigenvalue weighted by Crippen LogP contribution is 2.31. The van der Waals surface area contributed by atoms with E-state index in [9.17, 15) is 0 Å². The molecule has 4 aromatic heterocycles. The van der Waals surface area contributed by atoms with Gasteiger partial charge in [-0.05, 0) is 37.1 Å². The van der Waals surface area contributed by atoms with Crippen LogP contribution in [0.2, 0.25) is 0 Å². The lowest BCUT2D eigenvalue weighted by Gasteiger charge is -2.23. The second-order valence-electron chi connectivity index (χ2n) is 7.14. The summed E-state index contributed by atoms with van der Waals surface area (Å²) in [5.41, 5.74) is 3.37. The number of hydrogen-bond donors (Lipinski definition) is 1. The number of anilines is 1. The summed E-state index contributed by atoms with van der Waals surface area (Å²) in [6.45, 7) is 6.31. The van der Waals surface area contributed by atoms with Gasteiger partial charge in [-0.3, -0.25) is 14.6 Å². The fourth-order valence-electron chi connectivity index (χ4n) is 3.34. The highest BCUT2D eigenvalue weighted by molar-refractivity contribution is 5.90. The van der Waals surface area contributed by atoms with Crippen molar-refractivity contribution >= 4 is 16.9 Å². The number of nitrogens with one attached hydrogen (secondary N) is 1. The second-order valence-corrected chi connectivity index (χ2v) is 7.14. The summed E-state index contributed by atoms with van der Waals surface area (Å²) in [5.74, 6) is 1.64. The van der Waals surface area contributed by atoms with Crippen molar-refractivity contribution in [3.8, 4) is 11.5 Å². The van der Waals surface area contributed by atoms with Crippen molar-refractivity contribution in [1.29, 1.82) is 0 Å². The molecule has 1 atom stereocenters. The van der Waals surface area contributed by atoms with Crippen LogP contribution in [0.15, 0.2) is 48.8 Å². The molecule has 7 heteroatoms. The van der Waals surface area contributed by atoms with E-state index in [1.54, 1.807) is 10.9 Å². The SMILES string of the molecule is Cc1nn(C)c2nc(-c3ccccn3)nc(N[C@H](c3ccccn3)C(C)C)c12. The molecule has 0 saturated carbocycles. The normalized spacial score (nSPS) is 12.5. The Hall–Kier alpha value is -3.35. The maximum absolute atomic E-state index is 4.83. The van der Waals surface area contributed by atoms with E-state index in [1.807, 2.05) is 56.6 Å². The van der Waals surface area contributed by atoms with Crippen molar-refractivity contribution < 1.29 is 0 Å². The summed E-state index contributed by atoms with van der Waals surface area (Å²) in [6.07, 6.45) is 3.56. The molecule has 4 aromatic rings. The Morgan fingerprint density at radius 3 is 2.36 bits per heavy atom. The molecule has 0 unspecified atom stereocenters. The summed E-state index contributed by atoms with van der Waals surface area (Å²) in [5, 5.41) is 9.08. The number of fused-ring (bicyclic) bond motifs is 1. The van der Waals surface area contributed by atoms with Gasteiger partial charge in [0, 0.05) is 19.4 Å². The average Bonchev–Trinajstić information content (AvgIpc) is 3.01. The first-order valence-corrected chi connectivity index (χ1v) is 9.35. The highest BCUT2D eigenvalue weighted by Gasteiger charge is 2.22. The predicted octanol–water partition coefficient (Wildman–Crippen LogP) is 3.94. The van der Waals surface area contributed by atoms with E-state index < -0.39 is 0 Å². The molecule has 7 nitrogen and oxygen atoms in total. The Morgan fingerprint density at radius 1 is 0.964 bits per heavy atom. The van der Waals surface area contributed by atoms with Gasteiger partial charge in [0.15, 0.2) is 11.5 Å². The van der Waals surface area contributed by atoms with Crippen molar-refractivity contribution in [3.05, 3.63) is 60.2 Å². The number of aromatic nitrogens is 6. The van der Waals surface area contributed by atoms with E-state index in [0.717, 1.165) is 33.9 Å². The van der Waals surface area contributed by atoms with Crippen LogP contribution in [-0.2, 0) is 7.05 Å². The Kier molecular flexibility index (Phi) is 4.73. The molecule has 1 N–H and O–H groups in total. The monoisotopic (exact) mass is 373 g/mol. The summed E-state index contributed by atoms with van der Waals surface area (Å²) >= 11 is 0. The largest absolute Gasteiger partial charge is 0.361 e. The van der Waals surface area contributed by atoms with Crippen molar-refractivity contribution in [3.63, 3.8) is 0 Å². The lowest BCUT2D eigenvalue weighted by Crippen LogP contribution is -2.19. The van der Waals surface area contributed by atoms with Crippen LogP contribution < -0.4 is 5.32 Å². The molecular formula is C21H23N7. The van der Waals surface area contributed by atoms with Gasteiger partial charge < -0.3 is 5.32 Å². The van der Waals surface area contributed by atoms with Gasteiger partial charge in [0.25, 0.3) is 0 Å². The van der Waals surface area contributed by atoms with E-state index in [1.165, 1.54) is 0 Å². The predicted molar refractivity (Wildman–Crippen MR) is 110 cm³/mol. The van der Waals surface area contributed by atoms with Gasteiger partial charge in [0.2, 0.25) is 0 Å². The Morgan fingerprint density at radius 2 is 1.71 bits per heavy atom. The minimum absolute atomic E-state index is 0.00971. The van der Waals surface area contributed by atoms with Gasteiger partial charge in [0.05, 0.1) is 22.8 Å². The number of rotatable bonds is 5. The molecule has 142 valence electrons. The van der Waals surface area contributed by atoms with Crippen molar-refractivity contribution in [2.24, 2.45) is 13.0 Å². The molecule has 4 heterocycles. The quantitative estimate of drug-likeness (QED) is 0.571. The van der Waals surface area contributed by atoms with E-state index in [2.05, 4.69) is 34.2 Å². The van der Waals surface area contributed by atoms with Crippen LogP contribution >= 0.6 is 0 Å². The Labute approximate surface area is 163 Å². The second kappa shape index (κ2) is 7.34. The molecule has 0 fully saturated rings.